The smallest absolute Gasteiger partial charge is 0.346 e. The Hall–Kier alpha value is -2.02. The molecule has 1 aromatic rings. The van der Waals surface area contributed by atoms with E-state index < -0.39 is 12.1 Å². The minimum atomic E-state index is -0.677. The molecule has 0 saturated heterocycles. The predicted molar refractivity (Wildman–Crippen MR) is 53.3 cm³/mol. The van der Waals surface area contributed by atoms with Crippen molar-refractivity contribution >= 4 is 5.97 Å². The van der Waals surface area contributed by atoms with E-state index >= 15 is 0 Å². The fourth-order valence-electron chi connectivity index (χ4n) is 1.06. The van der Waals surface area contributed by atoms with Crippen molar-refractivity contribution in [2.45, 2.75) is 13.0 Å². The summed E-state index contributed by atoms with van der Waals surface area (Å²) in [6.45, 7) is 1.59. The van der Waals surface area contributed by atoms with Gasteiger partial charge in [0.15, 0.2) is 6.10 Å². The number of methoxy groups -OCH3 is 1. The van der Waals surface area contributed by atoms with E-state index in [9.17, 15) is 4.79 Å². The number of benzene rings is 1. The number of nitrogens with zero attached hydrogens (tertiary/aromatic N) is 1. The van der Waals surface area contributed by atoms with Crippen molar-refractivity contribution in [3.05, 3.63) is 29.8 Å². The Morgan fingerprint density at radius 1 is 1.53 bits per heavy atom. The molecule has 0 aliphatic heterocycles. The maximum absolute atomic E-state index is 11.1. The summed E-state index contributed by atoms with van der Waals surface area (Å²) in [5, 5.41) is 8.65. The van der Waals surface area contributed by atoms with Crippen LogP contribution in [0.25, 0.3) is 0 Å². The molecule has 0 amide bonds. The fraction of sp³-hybridized carbons (Fsp3) is 0.273. The van der Waals surface area contributed by atoms with Crippen LogP contribution < -0.4 is 4.74 Å². The lowest BCUT2D eigenvalue weighted by Gasteiger charge is -2.12. The van der Waals surface area contributed by atoms with Gasteiger partial charge in [-0.1, -0.05) is 6.07 Å². The van der Waals surface area contributed by atoms with Crippen LogP contribution in [0.3, 0.4) is 0 Å². The zero-order valence-electron chi connectivity index (χ0n) is 8.56. The minimum absolute atomic E-state index is 0.447. The molecule has 0 aliphatic carbocycles. The molecule has 1 rings (SSSR count). The Morgan fingerprint density at radius 3 is 2.87 bits per heavy atom. The molecule has 0 aliphatic rings. The normalized spacial score (nSPS) is 11.3. The molecule has 0 N–H and O–H groups in total. The number of ether oxygens (including phenoxy) is 2. The lowest BCUT2D eigenvalue weighted by Crippen LogP contribution is -2.24. The van der Waals surface area contributed by atoms with Gasteiger partial charge in [-0.2, -0.15) is 5.26 Å². The highest BCUT2D eigenvalue weighted by Gasteiger charge is 2.14. The average molecular weight is 205 g/mol. The quantitative estimate of drug-likeness (QED) is 0.701. The van der Waals surface area contributed by atoms with Gasteiger partial charge >= 0.3 is 5.97 Å². The van der Waals surface area contributed by atoms with E-state index in [4.69, 9.17) is 10.00 Å². The maximum atomic E-state index is 11.1. The summed E-state index contributed by atoms with van der Waals surface area (Å²) >= 11 is 0. The van der Waals surface area contributed by atoms with E-state index in [0.717, 1.165) is 0 Å². The van der Waals surface area contributed by atoms with Gasteiger partial charge in [-0.05, 0) is 25.1 Å². The van der Waals surface area contributed by atoms with Crippen molar-refractivity contribution in [3.63, 3.8) is 0 Å². The van der Waals surface area contributed by atoms with Gasteiger partial charge in [0.25, 0.3) is 0 Å². The van der Waals surface area contributed by atoms with E-state index in [1.54, 1.807) is 31.2 Å². The Balaban J connectivity index is 2.73. The van der Waals surface area contributed by atoms with Crippen LogP contribution in [-0.2, 0) is 9.53 Å². The second kappa shape index (κ2) is 5.01. The summed E-state index contributed by atoms with van der Waals surface area (Å²) in [6, 6.07) is 8.59. The molecular weight excluding hydrogens is 194 g/mol. The number of esters is 1. The van der Waals surface area contributed by atoms with Gasteiger partial charge in [-0.25, -0.2) is 4.79 Å². The monoisotopic (exact) mass is 205 g/mol. The molecule has 0 saturated carbocycles. The molecule has 0 fully saturated rings. The van der Waals surface area contributed by atoms with Gasteiger partial charge in [-0.3, -0.25) is 0 Å². The fourth-order valence-corrected chi connectivity index (χ4v) is 1.06. The second-order valence-electron chi connectivity index (χ2n) is 2.92. The van der Waals surface area contributed by atoms with Crippen molar-refractivity contribution in [3.8, 4) is 11.8 Å². The summed E-state index contributed by atoms with van der Waals surface area (Å²) in [6.07, 6.45) is -0.677. The standard InChI is InChI=1S/C11H11NO3/c1-8(11(13)14-2)15-10-5-3-4-9(6-10)7-12/h3-6,8H,1-2H3/t8-/m0/s1. The molecule has 0 radical (unpaired) electrons. The van der Waals surface area contributed by atoms with Crippen LogP contribution in [0.1, 0.15) is 12.5 Å². The van der Waals surface area contributed by atoms with Gasteiger partial charge < -0.3 is 9.47 Å². The molecule has 1 atom stereocenters. The molecule has 4 nitrogen and oxygen atoms in total. The topological polar surface area (TPSA) is 59.3 Å². The Bertz CT molecular complexity index is 395. The van der Waals surface area contributed by atoms with Crippen molar-refractivity contribution < 1.29 is 14.3 Å². The average Bonchev–Trinajstić information content (AvgIpc) is 2.28. The highest BCUT2D eigenvalue weighted by Crippen LogP contribution is 2.14. The van der Waals surface area contributed by atoms with Crippen molar-refractivity contribution in [1.29, 1.82) is 5.26 Å². The second-order valence-corrected chi connectivity index (χ2v) is 2.92. The summed E-state index contributed by atoms with van der Waals surface area (Å²) in [7, 11) is 1.30. The number of hydrogen-bond acceptors (Lipinski definition) is 4. The van der Waals surface area contributed by atoms with Gasteiger partial charge in [0, 0.05) is 0 Å². The summed E-state index contributed by atoms with van der Waals surface area (Å²) in [5.41, 5.74) is 0.490. The zero-order valence-corrected chi connectivity index (χ0v) is 8.56. The van der Waals surface area contributed by atoms with E-state index in [0.29, 0.717) is 11.3 Å². The van der Waals surface area contributed by atoms with Crippen LogP contribution in [0.4, 0.5) is 0 Å². The molecule has 0 heterocycles. The molecule has 0 aromatic heterocycles. The van der Waals surface area contributed by atoms with E-state index in [-0.39, 0.29) is 0 Å². The van der Waals surface area contributed by atoms with E-state index in [2.05, 4.69) is 4.74 Å². The van der Waals surface area contributed by atoms with Crippen molar-refractivity contribution in [1.82, 2.24) is 0 Å². The summed E-state index contributed by atoms with van der Waals surface area (Å²) in [4.78, 5) is 11.1. The molecule has 4 heteroatoms. The molecule has 1 aromatic carbocycles. The highest BCUT2D eigenvalue weighted by atomic mass is 16.6. The molecule has 0 unspecified atom stereocenters. The van der Waals surface area contributed by atoms with Crippen LogP contribution in [-0.4, -0.2) is 19.2 Å². The first kappa shape index (κ1) is 11.1. The number of rotatable bonds is 3. The molecule has 0 bridgehead atoms. The van der Waals surface area contributed by atoms with Gasteiger partial charge in [0.2, 0.25) is 0 Å². The zero-order chi connectivity index (χ0) is 11.3. The first-order valence-electron chi connectivity index (χ1n) is 4.42. The van der Waals surface area contributed by atoms with Crippen LogP contribution in [0.15, 0.2) is 24.3 Å². The lowest BCUT2D eigenvalue weighted by atomic mass is 10.2. The van der Waals surface area contributed by atoms with Crippen LogP contribution in [0.5, 0.6) is 5.75 Å². The number of carbonyl (C=O) groups is 1. The Morgan fingerprint density at radius 2 is 2.27 bits per heavy atom. The van der Waals surface area contributed by atoms with Crippen LogP contribution in [0, 0.1) is 11.3 Å². The van der Waals surface area contributed by atoms with E-state index in [1.165, 1.54) is 7.11 Å². The van der Waals surface area contributed by atoms with E-state index in [1.807, 2.05) is 6.07 Å². The third-order valence-corrected chi connectivity index (χ3v) is 1.81. The van der Waals surface area contributed by atoms with Crippen LogP contribution >= 0.6 is 0 Å². The third-order valence-electron chi connectivity index (χ3n) is 1.81. The van der Waals surface area contributed by atoms with Gasteiger partial charge in [0.1, 0.15) is 5.75 Å². The van der Waals surface area contributed by atoms with Gasteiger partial charge in [-0.15, -0.1) is 0 Å². The third kappa shape index (κ3) is 2.99. The predicted octanol–water partition coefficient (Wildman–Crippen LogP) is 1.50. The molecule has 15 heavy (non-hydrogen) atoms. The summed E-state index contributed by atoms with van der Waals surface area (Å²) in [5.74, 6) is 0.0318. The first-order valence-corrected chi connectivity index (χ1v) is 4.42. The lowest BCUT2D eigenvalue weighted by molar-refractivity contribution is -0.147. The summed E-state index contributed by atoms with van der Waals surface area (Å²) < 4.78 is 9.80. The highest BCUT2D eigenvalue weighted by molar-refractivity contribution is 5.74. The largest absolute Gasteiger partial charge is 0.479 e. The van der Waals surface area contributed by atoms with Crippen LogP contribution in [0.2, 0.25) is 0 Å². The molecule has 78 valence electrons. The first-order chi connectivity index (χ1) is 7.17. The minimum Gasteiger partial charge on any atom is -0.479 e. The molecular formula is C11H11NO3. The SMILES string of the molecule is COC(=O)[C@H](C)Oc1cccc(C#N)c1. The van der Waals surface area contributed by atoms with Crippen molar-refractivity contribution in [2.24, 2.45) is 0 Å². The number of carbonyl (C=O) groups excluding carboxylic acids is 1. The molecule has 0 spiro atoms. The van der Waals surface area contributed by atoms with Crippen molar-refractivity contribution in [2.75, 3.05) is 7.11 Å². The number of nitriles is 1. The number of hydrogen-bond donors (Lipinski definition) is 0. The maximum Gasteiger partial charge on any atom is 0.346 e. The van der Waals surface area contributed by atoms with Gasteiger partial charge in [0.05, 0.1) is 18.7 Å². The Kier molecular flexibility index (Phi) is 3.69. The Labute approximate surface area is 88.0 Å².